The first-order valence-electron chi connectivity index (χ1n) is 6.88. The molecule has 6 heteroatoms. The second-order valence-electron chi connectivity index (χ2n) is 5.06. The molecular formula is C17H13NO4S. The summed E-state index contributed by atoms with van der Waals surface area (Å²) in [6, 6.07) is 14.6. The first-order valence-corrected chi connectivity index (χ1v) is 8.32. The molecule has 0 saturated heterocycles. The lowest BCUT2D eigenvalue weighted by Gasteiger charge is -2.10. The lowest BCUT2D eigenvalue weighted by atomic mass is 10.1. The Hall–Kier alpha value is -2.73. The van der Waals surface area contributed by atoms with Crippen LogP contribution in [0, 0.1) is 6.92 Å². The van der Waals surface area contributed by atoms with E-state index in [1.54, 1.807) is 49.4 Å². The summed E-state index contributed by atoms with van der Waals surface area (Å²) in [5.74, 6) is -0.863. The second-order valence-corrected chi connectivity index (χ2v) is 6.84. The molecule has 0 fully saturated rings. The number of nitrogens with zero attached hydrogens (tertiary/aromatic N) is 1. The highest BCUT2D eigenvalue weighted by Gasteiger charge is 2.28. The highest BCUT2D eigenvalue weighted by molar-refractivity contribution is 7.90. The Morgan fingerprint density at radius 3 is 2.26 bits per heavy atom. The molecule has 0 bridgehead atoms. The van der Waals surface area contributed by atoms with Crippen molar-refractivity contribution in [2.45, 2.75) is 11.8 Å². The number of carbonyl (C=O) groups excluding carboxylic acids is 2. The monoisotopic (exact) mass is 327 g/mol. The molecule has 3 aromatic rings. The lowest BCUT2D eigenvalue weighted by Crippen LogP contribution is -2.19. The summed E-state index contributed by atoms with van der Waals surface area (Å²) in [6.07, 6.45) is 0.137. The van der Waals surface area contributed by atoms with Crippen LogP contribution in [-0.4, -0.2) is 24.5 Å². The predicted molar refractivity (Wildman–Crippen MR) is 86.1 cm³/mol. The minimum absolute atomic E-state index is 0.0562. The molecule has 3 rings (SSSR count). The van der Waals surface area contributed by atoms with Crippen LogP contribution in [-0.2, 0) is 14.8 Å². The van der Waals surface area contributed by atoms with Crippen molar-refractivity contribution in [1.82, 2.24) is 3.97 Å². The van der Waals surface area contributed by atoms with Gasteiger partial charge in [-0.3, -0.25) is 9.59 Å². The van der Waals surface area contributed by atoms with Gasteiger partial charge in [-0.1, -0.05) is 36.4 Å². The first kappa shape index (κ1) is 15.2. The van der Waals surface area contributed by atoms with E-state index in [0.717, 1.165) is 3.97 Å². The molecule has 1 aromatic heterocycles. The smallest absolute Gasteiger partial charge is 0.268 e. The van der Waals surface area contributed by atoms with Crippen molar-refractivity contribution in [2.75, 3.05) is 0 Å². The zero-order valence-corrected chi connectivity index (χ0v) is 13.1. The minimum atomic E-state index is -3.99. The van der Waals surface area contributed by atoms with Gasteiger partial charge in [-0.15, -0.1) is 0 Å². The maximum Gasteiger partial charge on any atom is 0.268 e. The molecule has 0 radical (unpaired) electrons. The van der Waals surface area contributed by atoms with Gasteiger partial charge in [0.15, 0.2) is 6.29 Å². The Morgan fingerprint density at radius 1 is 1.00 bits per heavy atom. The van der Waals surface area contributed by atoms with Crippen molar-refractivity contribution >= 4 is 33.0 Å². The standard InChI is InChI=1S/C17H13NO4S/c1-12-14-9-5-6-10-15(14)18(17(12)16(20)11-19)23(21,22)13-7-3-2-4-8-13/h2-11H,1H3. The van der Waals surface area contributed by atoms with Crippen LogP contribution in [0.2, 0.25) is 0 Å². The van der Waals surface area contributed by atoms with Crippen molar-refractivity contribution in [1.29, 1.82) is 0 Å². The van der Waals surface area contributed by atoms with Gasteiger partial charge in [0.05, 0.1) is 10.4 Å². The number of benzene rings is 2. The number of rotatable bonds is 4. The molecule has 0 aliphatic rings. The van der Waals surface area contributed by atoms with Gasteiger partial charge >= 0.3 is 0 Å². The van der Waals surface area contributed by atoms with Crippen LogP contribution in [0.3, 0.4) is 0 Å². The van der Waals surface area contributed by atoms with Crippen LogP contribution in [0.15, 0.2) is 59.5 Å². The van der Waals surface area contributed by atoms with Gasteiger partial charge in [0, 0.05) is 5.39 Å². The number of hydrogen-bond acceptors (Lipinski definition) is 4. The normalized spacial score (nSPS) is 11.5. The second kappa shape index (κ2) is 5.48. The highest BCUT2D eigenvalue weighted by Crippen LogP contribution is 2.29. The third-order valence-electron chi connectivity index (χ3n) is 3.71. The summed E-state index contributed by atoms with van der Waals surface area (Å²) in [4.78, 5) is 23.1. The van der Waals surface area contributed by atoms with Crippen LogP contribution in [0.25, 0.3) is 10.9 Å². The average Bonchev–Trinajstić information content (AvgIpc) is 2.89. The van der Waals surface area contributed by atoms with E-state index in [2.05, 4.69) is 0 Å². The van der Waals surface area contributed by atoms with Gasteiger partial charge in [0.1, 0.15) is 5.69 Å². The maximum atomic E-state index is 13.0. The molecule has 116 valence electrons. The van der Waals surface area contributed by atoms with Crippen LogP contribution in [0.5, 0.6) is 0 Å². The topological polar surface area (TPSA) is 73.2 Å². The van der Waals surface area contributed by atoms with E-state index in [4.69, 9.17) is 0 Å². The van der Waals surface area contributed by atoms with E-state index < -0.39 is 15.8 Å². The fraction of sp³-hybridized carbons (Fsp3) is 0.0588. The van der Waals surface area contributed by atoms with E-state index >= 15 is 0 Å². The van der Waals surface area contributed by atoms with Crippen molar-refractivity contribution in [3.8, 4) is 0 Å². The summed E-state index contributed by atoms with van der Waals surface area (Å²) < 4.78 is 27.0. The van der Waals surface area contributed by atoms with Crippen LogP contribution in [0.4, 0.5) is 0 Å². The molecule has 0 unspecified atom stereocenters. The Balaban J connectivity index is 2.46. The number of fused-ring (bicyclic) bond motifs is 1. The number of aldehydes is 1. The molecule has 0 spiro atoms. The molecule has 0 N–H and O–H groups in total. The molecule has 1 heterocycles. The van der Waals surface area contributed by atoms with Gasteiger partial charge in [-0.2, -0.15) is 0 Å². The molecule has 0 atom stereocenters. The van der Waals surface area contributed by atoms with Crippen molar-refractivity contribution in [3.05, 3.63) is 65.9 Å². The average molecular weight is 327 g/mol. The fourth-order valence-electron chi connectivity index (χ4n) is 2.66. The number of aromatic nitrogens is 1. The van der Waals surface area contributed by atoms with Gasteiger partial charge in [-0.25, -0.2) is 12.4 Å². The number of hydrogen-bond donors (Lipinski definition) is 0. The zero-order valence-electron chi connectivity index (χ0n) is 12.3. The third-order valence-corrected chi connectivity index (χ3v) is 5.43. The number of Topliss-reactive ketones (excluding diaryl/α,β-unsaturated/α-hetero) is 1. The van der Waals surface area contributed by atoms with E-state index in [0.29, 0.717) is 16.5 Å². The van der Waals surface area contributed by atoms with Crippen LogP contribution >= 0.6 is 0 Å². The van der Waals surface area contributed by atoms with Crippen LogP contribution in [0.1, 0.15) is 16.1 Å². The zero-order chi connectivity index (χ0) is 16.6. The molecule has 2 aromatic carbocycles. The lowest BCUT2D eigenvalue weighted by molar-refractivity contribution is -0.104. The summed E-state index contributed by atoms with van der Waals surface area (Å²) in [6.45, 7) is 1.63. The maximum absolute atomic E-state index is 13.0. The molecule has 23 heavy (non-hydrogen) atoms. The number of aryl methyl sites for hydroxylation is 1. The van der Waals surface area contributed by atoms with E-state index in [1.807, 2.05) is 0 Å². The fourth-order valence-corrected chi connectivity index (χ4v) is 4.25. The molecule has 0 aliphatic carbocycles. The SMILES string of the molecule is Cc1c(C(=O)C=O)n(S(=O)(=O)c2ccccc2)c2ccccc12. The third kappa shape index (κ3) is 2.27. The Labute approximate surface area is 133 Å². The Bertz CT molecular complexity index is 1020. The largest absolute Gasteiger partial charge is 0.294 e. The van der Waals surface area contributed by atoms with Crippen molar-refractivity contribution < 1.29 is 18.0 Å². The Morgan fingerprint density at radius 2 is 1.61 bits per heavy atom. The van der Waals surface area contributed by atoms with E-state index in [-0.39, 0.29) is 16.9 Å². The molecular weight excluding hydrogens is 314 g/mol. The van der Waals surface area contributed by atoms with Gasteiger partial charge < -0.3 is 0 Å². The predicted octanol–water partition coefficient (Wildman–Crippen LogP) is 2.57. The van der Waals surface area contributed by atoms with Gasteiger partial charge in [0.2, 0.25) is 5.78 Å². The van der Waals surface area contributed by atoms with Crippen LogP contribution < -0.4 is 0 Å². The first-order chi connectivity index (χ1) is 11.0. The summed E-state index contributed by atoms with van der Waals surface area (Å²) in [5, 5.41) is 0.622. The van der Waals surface area contributed by atoms with Crippen molar-refractivity contribution in [2.24, 2.45) is 0 Å². The Kier molecular flexibility index (Phi) is 3.61. The van der Waals surface area contributed by atoms with Gasteiger partial charge in [-0.05, 0) is 30.7 Å². The molecule has 0 aliphatic heterocycles. The highest BCUT2D eigenvalue weighted by atomic mass is 32.2. The molecule has 0 amide bonds. The van der Waals surface area contributed by atoms with E-state index in [1.165, 1.54) is 12.1 Å². The minimum Gasteiger partial charge on any atom is -0.294 e. The molecule has 5 nitrogen and oxygen atoms in total. The number of ketones is 1. The summed E-state index contributed by atoms with van der Waals surface area (Å²) in [5.41, 5.74) is 0.723. The van der Waals surface area contributed by atoms with E-state index in [9.17, 15) is 18.0 Å². The summed E-state index contributed by atoms with van der Waals surface area (Å²) in [7, 11) is -3.99. The molecule has 0 saturated carbocycles. The quantitative estimate of drug-likeness (QED) is 0.419. The van der Waals surface area contributed by atoms with Gasteiger partial charge in [0.25, 0.3) is 10.0 Å². The number of carbonyl (C=O) groups is 2. The summed E-state index contributed by atoms with van der Waals surface area (Å²) >= 11 is 0. The number of para-hydroxylation sites is 1. The van der Waals surface area contributed by atoms with Crippen molar-refractivity contribution in [3.63, 3.8) is 0 Å².